The zero-order valence-electron chi connectivity index (χ0n) is 8.60. The van der Waals surface area contributed by atoms with Gasteiger partial charge in [0.1, 0.15) is 5.75 Å². The summed E-state index contributed by atoms with van der Waals surface area (Å²) in [6.45, 7) is -0.0923. The van der Waals surface area contributed by atoms with Gasteiger partial charge in [0.05, 0.1) is 11.1 Å². The van der Waals surface area contributed by atoms with Crippen LogP contribution in [0.3, 0.4) is 0 Å². The van der Waals surface area contributed by atoms with E-state index < -0.39 is 0 Å². The van der Waals surface area contributed by atoms with E-state index in [2.05, 4.69) is 25.9 Å². The van der Waals surface area contributed by atoms with Gasteiger partial charge in [-0.2, -0.15) is 0 Å². The van der Waals surface area contributed by atoms with Gasteiger partial charge in [0.15, 0.2) is 0 Å². The van der Waals surface area contributed by atoms with Crippen molar-refractivity contribution in [1.29, 1.82) is 0 Å². The Morgan fingerprint density at radius 1 is 1.29 bits per heavy atom. The van der Waals surface area contributed by atoms with Gasteiger partial charge in [0.25, 0.3) is 0 Å². The molecule has 0 saturated carbocycles. The Bertz CT molecular complexity index is 519. The van der Waals surface area contributed by atoms with E-state index in [9.17, 15) is 0 Å². The molecule has 0 saturated heterocycles. The van der Waals surface area contributed by atoms with Crippen molar-refractivity contribution in [1.82, 2.24) is 9.97 Å². The van der Waals surface area contributed by atoms with Crippen molar-refractivity contribution < 1.29 is 9.84 Å². The van der Waals surface area contributed by atoms with Crippen LogP contribution in [0.15, 0.2) is 35.1 Å². The van der Waals surface area contributed by atoms with Crippen LogP contribution in [0.2, 0.25) is 5.02 Å². The summed E-state index contributed by atoms with van der Waals surface area (Å²) in [5.74, 6) is 0.575. The van der Waals surface area contributed by atoms with Crippen LogP contribution in [0.4, 0.5) is 0 Å². The van der Waals surface area contributed by atoms with Crippen LogP contribution in [0.25, 0.3) is 0 Å². The van der Waals surface area contributed by atoms with Crippen LogP contribution in [-0.4, -0.2) is 15.1 Å². The summed E-state index contributed by atoms with van der Waals surface area (Å²) >= 11 is 9.14. The fourth-order valence-corrected chi connectivity index (χ4v) is 1.90. The quantitative estimate of drug-likeness (QED) is 0.945. The molecule has 88 valence electrons. The number of aliphatic hydroxyl groups excluding tert-OH is 1. The Labute approximate surface area is 111 Å². The minimum atomic E-state index is -0.0923. The molecule has 1 N–H and O–H groups in total. The van der Waals surface area contributed by atoms with Gasteiger partial charge in [-0.3, -0.25) is 0 Å². The highest BCUT2D eigenvalue weighted by Crippen LogP contribution is 2.30. The minimum absolute atomic E-state index is 0.0923. The standard InChI is InChI=1S/C11H8BrClN2O2/c12-9-3-8(13)1-2-10(9)17-11-14-4-7(6-16)5-15-11/h1-5,16H,6H2. The number of halogens is 2. The fraction of sp³-hybridized carbons (Fsp3) is 0.0909. The van der Waals surface area contributed by atoms with Crippen molar-refractivity contribution in [2.24, 2.45) is 0 Å². The summed E-state index contributed by atoms with van der Waals surface area (Å²) in [7, 11) is 0. The molecule has 1 aromatic heterocycles. The lowest BCUT2D eigenvalue weighted by atomic mass is 10.3. The zero-order chi connectivity index (χ0) is 12.3. The summed E-state index contributed by atoms with van der Waals surface area (Å²) in [5, 5.41) is 9.46. The van der Waals surface area contributed by atoms with Gasteiger partial charge in [0, 0.05) is 23.0 Å². The highest BCUT2D eigenvalue weighted by molar-refractivity contribution is 9.10. The lowest BCUT2D eigenvalue weighted by Crippen LogP contribution is -1.94. The SMILES string of the molecule is OCc1cnc(Oc2ccc(Cl)cc2Br)nc1. The molecule has 0 aliphatic carbocycles. The molecule has 0 aliphatic rings. The number of aliphatic hydroxyl groups is 1. The summed E-state index contributed by atoms with van der Waals surface area (Å²) in [6.07, 6.45) is 3.01. The summed E-state index contributed by atoms with van der Waals surface area (Å²) in [6, 6.07) is 5.36. The van der Waals surface area contributed by atoms with Crippen LogP contribution in [0, 0.1) is 0 Å². The molecule has 0 aliphatic heterocycles. The normalized spacial score (nSPS) is 10.3. The van der Waals surface area contributed by atoms with Gasteiger partial charge in [-0.1, -0.05) is 11.6 Å². The van der Waals surface area contributed by atoms with Gasteiger partial charge in [-0.25, -0.2) is 9.97 Å². The molecular formula is C11H8BrClN2O2. The molecule has 1 aromatic carbocycles. The maximum Gasteiger partial charge on any atom is 0.321 e. The van der Waals surface area contributed by atoms with Crippen molar-refractivity contribution in [2.45, 2.75) is 6.61 Å². The van der Waals surface area contributed by atoms with Gasteiger partial charge >= 0.3 is 6.01 Å². The van der Waals surface area contributed by atoms with Crippen LogP contribution in [0.5, 0.6) is 11.8 Å². The van der Waals surface area contributed by atoms with Crippen LogP contribution < -0.4 is 4.74 Å². The second kappa shape index (κ2) is 5.44. The Kier molecular flexibility index (Phi) is 3.93. The van der Waals surface area contributed by atoms with E-state index in [0.717, 1.165) is 4.47 Å². The maximum atomic E-state index is 8.85. The molecule has 4 nitrogen and oxygen atoms in total. The van der Waals surface area contributed by atoms with Crippen molar-refractivity contribution in [3.05, 3.63) is 45.7 Å². The average Bonchev–Trinajstić information content (AvgIpc) is 2.34. The summed E-state index contributed by atoms with van der Waals surface area (Å²) in [5.41, 5.74) is 0.632. The third kappa shape index (κ3) is 3.15. The number of nitrogens with zero attached hydrogens (tertiary/aromatic N) is 2. The molecule has 0 radical (unpaired) electrons. The van der Waals surface area contributed by atoms with E-state index in [-0.39, 0.29) is 12.6 Å². The molecule has 1 heterocycles. The first-order chi connectivity index (χ1) is 8.19. The van der Waals surface area contributed by atoms with Crippen molar-refractivity contribution in [3.63, 3.8) is 0 Å². The molecule has 17 heavy (non-hydrogen) atoms. The van der Waals surface area contributed by atoms with E-state index in [0.29, 0.717) is 16.3 Å². The Hall–Kier alpha value is -1.17. The summed E-state index contributed by atoms with van der Waals surface area (Å²) in [4.78, 5) is 7.92. The number of ether oxygens (including phenoxy) is 1. The number of hydrogen-bond acceptors (Lipinski definition) is 4. The van der Waals surface area contributed by atoms with Crippen LogP contribution >= 0.6 is 27.5 Å². The van der Waals surface area contributed by atoms with E-state index >= 15 is 0 Å². The molecule has 2 aromatic rings. The average molecular weight is 316 g/mol. The number of rotatable bonds is 3. The number of aromatic nitrogens is 2. The van der Waals surface area contributed by atoms with E-state index in [4.69, 9.17) is 21.4 Å². The minimum Gasteiger partial charge on any atom is -0.423 e. The van der Waals surface area contributed by atoms with Crippen molar-refractivity contribution in [2.75, 3.05) is 0 Å². The largest absolute Gasteiger partial charge is 0.423 e. The van der Waals surface area contributed by atoms with Crippen molar-refractivity contribution in [3.8, 4) is 11.8 Å². The number of hydrogen-bond donors (Lipinski definition) is 1. The molecule has 0 fully saturated rings. The zero-order valence-corrected chi connectivity index (χ0v) is 10.9. The highest BCUT2D eigenvalue weighted by atomic mass is 79.9. The van der Waals surface area contributed by atoms with Gasteiger partial charge in [-0.05, 0) is 34.1 Å². The topological polar surface area (TPSA) is 55.2 Å². The van der Waals surface area contributed by atoms with Crippen LogP contribution in [-0.2, 0) is 6.61 Å². The highest BCUT2D eigenvalue weighted by Gasteiger charge is 2.05. The fourth-order valence-electron chi connectivity index (χ4n) is 1.13. The first kappa shape index (κ1) is 12.3. The van der Waals surface area contributed by atoms with Crippen molar-refractivity contribution >= 4 is 27.5 Å². The summed E-state index contributed by atoms with van der Waals surface area (Å²) < 4.78 is 6.18. The smallest absolute Gasteiger partial charge is 0.321 e. The first-order valence-corrected chi connectivity index (χ1v) is 5.91. The Morgan fingerprint density at radius 3 is 2.59 bits per heavy atom. The maximum absolute atomic E-state index is 8.85. The lowest BCUT2D eigenvalue weighted by Gasteiger charge is -2.06. The third-order valence-electron chi connectivity index (χ3n) is 1.96. The molecule has 0 atom stereocenters. The van der Waals surface area contributed by atoms with Gasteiger partial charge < -0.3 is 9.84 Å². The Balaban J connectivity index is 2.19. The van der Waals surface area contributed by atoms with Gasteiger partial charge in [-0.15, -0.1) is 0 Å². The molecule has 0 amide bonds. The van der Waals surface area contributed by atoms with E-state index in [1.165, 1.54) is 12.4 Å². The predicted octanol–water partition coefficient (Wildman–Crippen LogP) is 3.18. The van der Waals surface area contributed by atoms with E-state index in [1.54, 1.807) is 18.2 Å². The Morgan fingerprint density at radius 2 is 2.00 bits per heavy atom. The molecule has 0 spiro atoms. The first-order valence-electron chi connectivity index (χ1n) is 4.73. The molecular weight excluding hydrogens is 307 g/mol. The second-order valence-corrected chi connectivity index (χ2v) is 4.50. The molecule has 6 heteroatoms. The van der Waals surface area contributed by atoms with Crippen LogP contribution in [0.1, 0.15) is 5.56 Å². The molecule has 0 unspecified atom stereocenters. The second-order valence-electron chi connectivity index (χ2n) is 3.21. The monoisotopic (exact) mass is 314 g/mol. The van der Waals surface area contributed by atoms with Gasteiger partial charge in [0.2, 0.25) is 0 Å². The lowest BCUT2D eigenvalue weighted by molar-refractivity contribution is 0.280. The molecule has 0 bridgehead atoms. The predicted molar refractivity (Wildman–Crippen MR) is 67.2 cm³/mol. The number of benzene rings is 1. The molecule has 2 rings (SSSR count). The third-order valence-corrected chi connectivity index (χ3v) is 2.81. The van der Waals surface area contributed by atoms with E-state index in [1.807, 2.05) is 0 Å².